The Hall–Kier alpha value is -2.78. The molecule has 1 aromatic carbocycles. The Morgan fingerprint density at radius 2 is 2.00 bits per heavy atom. The number of carbonyl (C=O) groups excluding carboxylic acids is 1. The molecule has 2 heterocycles. The van der Waals surface area contributed by atoms with E-state index in [1.807, 2.05) is 43.1 Å². The van der Waals surface area contributed by atoms with E-state index in [2.05, 4.69) is 36.2 Å². The van der Waals surface area contributed by atoms with Gasteiger partial charge < -0.3 is 19.4 Å². The molecule has 30 heavy (non-hydrogen) atoms. The number of hydrogen-bond donors (Lipinski definition) is 1. The van der Waals surface area contributed by atoms with Crippen molar-refractivity contribution in [2.24, 2.45) is 0 Å². The molecule has 0 fully saturated rings. The Morgan fingerprint density at radius 1 is 1.27 bits per heavy atom. The highest BCUT2D eigenvalue weighted by Gasteiger charge is 2.22. The first-order valence-corrected chi connectivity index (χ1v) is 10.4. The summed E-state index contributed by atoms with van der Waals surface area (Å²) in [5.74, 6) is 0.771. The minimum Gasteiger partial charge on any atom is -0.431 e. The van der Waals surface area contributed by atoms with Crippen LogP contribution in [0.1, 0.15) is 29.6 Å². The van der Waals surface area contributed by atoms with Crippen molar-refractivity contribution in [3.8, 4) is 11.5 Å². The fraction of sp³-hybridized carbons (Fsp3) is 0.333. The molecular formula is C21H24BrN5O3. The summed E-state index contributed by atoms with van der Waals surface area (Å²) in [7, 11) is 3.52. The number of aryl methyl sites for hydroxylation is 1. The summed E-state index contributed by atoms with van der Waals surface area (Å²) in [6, 6.07) is 7.60. The van der Waals surface area contributed by atoms with Crippen molar-refractivity contribution in [1.29, 1.82) is 0 Å². The molecule has 3 rings (SSSR count). The average Bonchev–Trinajstić information content (AvgIpc) is 3.17. The van der Waals surface area contributed by atoms with E-state index in [0.717, 1.165) is 16.5 Å². The number of aromatic nitrogens is 3. The van der Waals surface area contributed by atoms with Crippen LogP contribution in [0.25, 0.3) is 11.5 Å². The van der Waals surface area contributed by atoms with Crippen LogP contribution in [0.4, 0.5) is 11.6 Å². The Kier molecular flexibility index (Phi) is 7.53. The largest absolute Gasteiger partial charge is 0.431 e. The molecule has 0 atom stereocenters. The topological polar surface area (TPSA) is 93.4 Å². The van der Waals surface area contributed by atoms with Gasteiger partial charge in [0.2, 0.25) is 17.6 Å². The van der Waals surface area contributed by atoms with Gasteiger partial charge in [-0.05, 0) is 34.5 Å². The minimum atomic E-state index is -0.381. The van der Waals surface area contributed by atoms with Gasteiger partial charge in [0.05, 0.1) is 35.9 Å². The van der Waals surface area contributed by atoms with Crippen LogP contribution >= 0.6 is 15.9 Å². The lowest BCUT2D eigenvalue weighted by Crippen LogP contribution is -2.24. The second-order valence-electron chi connectivity index (χ2n) is 6.66. The van der Waals surface area contributed by atoms with E-state index < -0.39 is 0 Å². The predicted octanol–water partition coefficient (Wildman–Crippen LogP) is 4.18. The standard InChI is InChI=1S/C21H24BrN5O3/c1-4-7-17-18(30-20(26-17)15-8-5-6-9-16(15)22)19(28)25-14-12-23-21(24-13-14)27(2)10-11-29-3/h5-6,8-9,12-13H,4,7,10-11H2,1-3H3,(H,25,28). The second kappa shape index (κ2) is 10.3. The number of halogens is 1. The van der Waals surface area contributed by atoms with E-state index in [0.29, 0.717) is 42.8 Å². The van der Waals surface area contributed by atoms with Crippen LogP contribution in [0.3, 0.4) is 0 Å². The smallest absolute Gasteiger partial charge is 0.293 e. The third kappa shape index (κ3) is 5.22. The van der Waals surface area contributed by atoms with Crippen molar-refractivity contribution < 1.29 is 13.9 Å². The number of rotatable bonds is 9. The molecule has 2 aromatic heterocycles. The maximum absolute atomic E-state index is 12.9. The summed E-state index contributed by atoms with van der Waals surface area (Å²) < 4.78 is 11.8. The number of amides is 1. The molecular weight excluding hydrogens is 450 g/mol. The third-order valence-electron chi connectivity index (χ3n) is 4.36. The maximum Gasteiger partial charge on any atom is 0.293 e. The van der Waals surface area contributed by atoms with Gasteiger partial charge in [-0.2, -0.15) is 0 Å². The molecule has 1 N–H and O–H groups in total. The Labute approximate surface area is 183 Å². The third-order valence-corrected chi connectivity index (χ3v) is 5.05. The maximum atomic E-state index is 12.9. The van der Waals surface area contributed by atoms with Gasteiger partial charge >= 0.3 is 0 Å². The molecule has 0 unspecified atom stereocenters. The van der Waals surface area contributed by atoms with Crippen LogP contribution in [-0.4, -0.2) is 48.2 Å². The summed E-state index contributed by atoms with van der Waals surface area (Å²) in [5, 5.41) is 2.79. The van der Waals surface area contributed by atoms with Gasteiger partial charge in [0.1, 0.15) is 0 Å². The fourth-order valence-electron chi connectivity index (χ4n) is 2.78. The quantitative estimate of drug-likeness (QED) is 0.497. The summed E-state index contributed by atoms with van der Waals surface area (Å²) >= 11 is 3.50. The number of methoxy groups -OCH3 is 1. The molecule has 9 heteroatoms. The lowest BCUT2D eigenvalue weighted by Gasteiger charge is -2.16. The Bertz CT molecular complexity index is 991. The lowest BCUT2D eigenvalue weighted by molar-refractivity contribution is 0.0996. The first-order chi connectivity index (χ1) is 14.5. The van der Waals surface area contributed by atoms with Crippen molar-refractivity contribution in [2.45, 2.75) is 19.8 Å². The molecule has 0 bridgehead atoms. The highest BCUT2D eigenvalue weighted by molar-refractivity contribution is 9.10. The van der Waals surface area contributed by atoms with Gasteiger partial charge in [0.25, 0.3) is 5.91 Å². The molecule has 0 aliphatic carbocycles. The highest BCUT2D eigenvalue weighted by Crippen LogP contribution is 2.29. The highest BCUT2D eigenvalue weighted by atomic mass is 79.9. The zero-order valence-electron chi connectivity index (χ0n) is 17.2. The first kappa shape index (κ1) is 21.9. The summed E-state index contributed by atoms with van der Waals surface area (Å²) in [4.78, 5) is 27.9. The van der Waals surface area contributed by atoms with Crippen LogP contribution < -0.4 is 10.2 Å². The number of oxazole rings is 1. The van der Waals surface area contributed by atoms with Crippen LogP contribution in [0.15, 0.2) is 45.5 Å². The zero-order valence-corrected chi connectivity index (χ0v) is 18.8. The van der Waals surface area contributed by atoms with Crippen molar-refractivity contribution in [3.63, 3.8) is 0 Å². The Morgan fingerprint density at radius 3 is 2.67 bits per heavy atom. The van der Waals surface area contributed by atoms with Gasteiger partial charge in [-0.15, -0.1) is 0 Å². The number of benzene rings is 1. The number of nitrogens with one attached hydrogen (secondary N) is 1. The van der Waals surface area contributed by atoms with Gasteiger partial charge in [0, 0.05) is 25.2 Å². The van der Waals surface area contributed by atoms with E-state index in [9.17, 15) is 4.79 Å². The predicted molar refractivity (Wildman–Crippen MR) is 119 cm³/mol. The fourth-order valence-corrected chi connectivity index (χ4v) is 3.24. The lowest BCUT2D eigenvalue weighted by atomic mass is 10.2. The van der Waals surface area contributed by atoms with E-state index >= 15 is 0 Å². The summed E-state index contributed by atoms with van der Waals surface area (Å²) in [6.07, 6.45) is 4.60. The van der Waals surface area contributed by atoms with Crippen molar-refractivity contribution in [2.75, 3.05) is 37.5 Å². The number of ether oxygens (including phenoxy) is 1. The SMILES string of the molecule is CCCc1nc(-c2ccccc2Br)oc1C(=O)Nc1cnc(N(C)CCOC)nc1. The van der Waals surface area contributed by atoms with Crippen molar-refractivity contribution in [1.82, 2.24) is 15.0 Å². The average molecular weight is 474 g/mol. The van der Waals surface area contributed by atoms with E-state index in [-0.39, 0.29) is 11.7 Å². The van der Waals surface area contributed by atoms with Crippen molar-refractivity contribution in [3.05, 3.63) is 52.6 Å². The van der Waals surface area contributed by atoms with Gasteiger partial charge in [-0.3, -0.25) is 4.79 Å². The molecule has 0 radical (unpaired) electrons. The number of carbonyl (C=O) groups is 1. The molecule has 3 aromatic rings. The summed E-state index contributed by atoms with van der Waals surface area (Å²) in [5.41, 5.74) is 1.89. The number of nitrogens with zero attached hydrogens (tertiary/aromatic N) is 4. The number of hydrogen-bond acceptors (Lipinski definition) is 7. The zero-order chi connectivity index (χ0) is 21.5. The molecule has 0 saturated heterocycles. The normalized spacial score (nSPS) is 10.8. The van der Waals surface area contributed by atoms with Crippen LogP contribution in [0.2, 0.25) is 0 Å². The van der Waals surface area contributed by atoms with Crippen LogP contribution in [0, 0.1) is 0 Å². The number of likely N-dealkylation sites (N-methyl/N-ethyl adjacent to an activating group) is 1. The summed E-state index contributed by atoms with van der Waals surface area (Å²) in [6.45, 7) is 3.27. The van der Waals surface area contributed by atoms with E-state index in [1.54, 1.807) is 19.5 Å². The van der Waals surface area contributed by atoms with Gasteiger partial charge in [0.15, 0.2) is 0 Å². The molecule has 8 nitrogen and oxygen atoms in total. The van der Waals surface area contributed by atoms with E-state index in [1.165, 1.54) is 0 Å². The molecule has 0 aliphatic rings. The minimum absolute atomic E-state index is 0.198. The van der Waals surface area contributed by atoms with E-state index in [4.69, 9.17) is 9.15 Å². The van der Waals surface area contributed by atoms with Gasteiger partial charge in [-0.1, -0.05) is 25.5 Å². The van der Waals surface area contributed by atoms with Crippen LogP contribution in [-0.2, 0) is 11.2 Å². The Balaban J connectivity index is 1.78. The van der Waals surface area contributed by atoms with Gasteiger partial charge in [-0.25, -0.2) is 15.0 Å². The molecule has 1 amide bonds. The van der Waals surface area contributed by atoms with Crippen molar-refractivity contribution >= 4 is 33.5 Å². The molecule has 0 aliphatic heterocycles. The monoisotopic (exact) mass is 473 g/mol. The van der Waals surface area contributed by atoms with Crippen LogP contribution in [0.5, 0.6) is 0 Å². The number of anilines is 2. The first-order valence-electron chi connectivity index (χ1n) is 9.61. The second-order valence-corrected chi connectivity index (χ2v) is 7.52. The molecule has 158 valence electrons. The molecule has 0 saturated carbocycles. The molecule has 0 spiro atoms.